The predicted molar refractivity (Wildman–Crippen MR) is 94.4 cm³/mol. The van der Waals surface area contributed by atoms with Crippen LogP contribution >= 0.6 is 0 Å². The molecule has 2 aromatic rings. The molecule has 6 nitrogen and oxygen atoms in total. The molecule has 0 saturated carbocycles. The van der Waals surface area contributed by atoms with E-state index in [1.807, 2.05) is 25.1 Å². The van der Waals surface area contributed by atoms with Crippen LogP contribution in [0.5, 0.6) is 0 Å². The fourth-order valence-electron chi connectivity index (χ4n) is 2.17. The molecule has 24 heavy (non-hydrogen) atoms. The molecule has 0 saturated heterocycles. The van der Waals surface area contributed by atoms with Crippen LogP contribution in [0.4, 0.5) is 10.5 Å². The van der Waals surface area contributed by atoms with E-state index in [0.29, 0.717) is 11.3 Å². The molecule has 2 amide bonds. The molecule has 0 aromatic heterocycles. The van der Waals surface area contributed by atoms with Gasteiger partial charge < -0.3 is 10.6 Å². The fourth-order valence-corrected chi connectivity index (χ4v) is 3.29. The third kappa shape index (κ3) is 4.33. The lowest BCUT2D eigenvalue weighted by atomic mass is 10.2. The zero-order valence-electron chi connectivity index (χ0n) is 13.9. The Kier molecular flexibility index (Phi) is 5.58. The number of anilines is 1. The Balaban J connectivity index is 2.09. The molecular weight excluding hydrogens is 326 g/mol. The molecule has 2 aromatic carbocycles. The van der Waals surface area contributed by atoms with Crippen LogP contribution in [0.25, 0.3) is 0 Å². The van der Waals surface area contributed by atoms with E-state index < -0.39 is 16.1 Å². The number of rotatable bonds is 5. The summed E-state index contributed by atoms with van der Waals surface area (Å²) in [7, 11) is -0.606. The zero-order chi connectivity index (χ0) is 17.7. The first-order chi connectivity index (χ1) is 11.3. The molecule has 0 aliphatic heterocycles. The Morgan fingerprint density at radius 3 is 2.46 bits per heavy atom. The van der Waals surface area contributed by atoms with Crippen molar-refractivity contribution in [3.63, 3.8) is 0 Å². The van der Waals surface area contributed by atoms with Crippen molar-refractivity contribution < 1.29 is 13.2 Å². The molecule has 7 heteroatoms. The maximum absolute atomic E-state index is 12.3. The summed E-state index contributed by atoms with van der Waals surface area (Å²) in [5.41, 5.74) is 2.25. The van der Waals surface area contributed by atoms with Gasteiger partial charge in [-0.1, -0.05) is 30.3 Å². The molecule has 0 atom stereocenters. The van der Waals surface area contributed by atoms with E-state index in [-0.39, 0.29) is 11.4 Å². The van der Waals surface area contributed by atoms with Crippen LogP contribution in [-0.2, 0) is 16.6 Å². The zero-order valence-corrected chi connectivity index (χ0v) is 14.7. The fraction of sp³-hybridized carbons (Fsp3) is 0.235. The minimum Gasteiger partial charge on any atom is -0.334 e. The first-order valence-electron chi connectivity index (χ1n) is 7.42. The van der Waals surface area contributed by atoms with E-state index in [9.17, 15) is 13.2 Å². The number of urea groups is 1. The van der Waals surface area contributed by atoms with E-state index in [1.54, 1.807) is 24.3 Å². The van der Waals surface area contributed by atoms with Crippen molar-refractivity contribution in [2.45, 2.75) is 18.4 Å². The van der Waals surface area contributed by atoms with Crippen molar-refractivity contribution in [3.8, 4) is 0 Å². The van der Waals surface area contributed by atoms with Gasteiger partial charge in [-0.15, -0.1) is 0 Å². The van der Waals surface area contributed by atoms with E-state index in [1.165, 1.54) is 20.2 Å². The molecule has 2 N–H and O–H groups in total. The number of hydrogen-bond acceptors (Lipinski definition) is 3. The first-order valence-corrected chi connectivity index (χ1v) is 8.86. The van der Waals surface area contributed by atoms with Gasteiger partial charge in [-0.3, -0.25) is 0 Å². The average molecular weight is 347 g/mol. The lowest BCUT2D eigenvalue weighted by Crippen LogP contribution is -2.30. The number of amides is 2. The van der Waals surface area contributed by atoms with Gasteiger partial charge in [-0.05, 0) is 36.2 Å². The van der Waals surface area contributed by atoms with Crippen molar-refractivity contribution in [1.82, 2.24) is 9.62 Å². The van der Waals surface area contributed by atoms with Crippen LogP contribution in [0.3, 0.4) is 0 Å². The second-order valence-corrected chi connectivity index (χ2v) is 7.69. The molecule has 0 unspecified atom stereocenters. The first kappa shape index (κ1) is 18.0. The lowest BCUT2D eigenvalue weighted by molar-refractivity contribution is 0.251. The normalized spacial score (nSPS) is 11.3. The number of benzene rings is 2. The molecule has 0 spiro atoms. The van der Waals surface area contributed by atoms with Crippen LogP contribution in [-0.4, -0.2) is 32.8 Å². The Morgan fingerprint density at radius 1 is 1.08 bits per heavy atom. The SMILES string of the molecule is Cc1cccc(NC(=O)NCc2ccccc2S(=O)(=O)N(C)C)c1. The number of nitrogens with zero attached hydrogens (tertiary/aromatic N) is 1. The second-order valence-electron chi connectivity index (χ2n) is 5.57. The Bertz CT molecular complexity index is 832. The van der Waals surface area contributed by atoms with Gasteiger partial charge in [0.2, 0.25) is 10.0 Å². The highest BCUT2D eigenvalue weighted by Gasteiger charge is 2.20. The molecule has 0 fully saturated rings. The summed E-state index contributed by atoms with van der Waals surface area (Å²) in [6.07, 6.45) is 0. The van der Waals surface area contributed by atoms with Gasteiger partial charge in [0.1, 0.15) is 0 Å². The standard InChI is InChI=1S/C17H21N3O3S/c1-13-7-6-9-15(11-13)19-17(21)18-12-14-8-4-5-10-16(14)24(22,23)20(2)3/h4-11H,12H2,1-3H3,(H2,18,19,21). The van der Waals surface area contributed by atoms with Crippen LogP contribution in [0, 0.1) is 6.92 Å². The van der Waals surface area contributed by atoms with Gasteiger partial charge in [0.05, 0.1) is 4.90 Å². The smallest absolute Gasteiger partial charge is 0.319 e. The summed E-state index contributed by atoms with van der Waals surface area (Å²) >= 11 is 0. The largest absolute Gasteiger partial charge is 0.334 e. The van der Waals surface area contributed by atoms with E-state index >= 15 is 0 Å². The van der Waals surface area contributed by atoms with Crippen LogP contribution < -0.4 is 10.6 Å². The van der Waals surface area contributed by atoms with Gasteiger partial charge in [0.25, 0.3) is 0 Å². The van der Waals surface area contributed by atoms with Crippen molar-refractivity contribution in [1.29, 1.82) is 0 Å². The average Bonchev–Trinajstić information content (AvgIpc) is 2.53. The van der Waals surface area contributed by atoms with E-state index in [0.717, 1.165) is 9.87 Å². The minimum absolute atomic E-state index is 0.112. The van der Waals surface area contributed by atoms with Gasteiger partial charge >= 0.3 is 6.03 Å². The maximum Gasteiger partial charge on any atom is 0.319 e. The van der Waals surface area contributed by atoms with Gasteiger partial charge in [0, 0.05) is 26.3 Å². The summed E-state index contributed by atoms with van der Waals surface area (Å²) in [5.74, 6) is 0. The summed E-state index contributed by atoms with van der Waals surface area (Å²) < 4.78 is 25.8. The van der Waals surface area contributed by atoms with E-state index in [2.05, 4.69) is 10.6 Å². The Labute approximate surface area is 142 Å². The second kappa shape index (κ2) is 7.46. The molecule has 2 rings (SSSR count). The Morgan fingerprint density at radius 2 is 1.79 bits per heavy atom. The summed E-state index contributed by atoms with van der Waals surface area (Å²) in [6, 6.07) is 13.7. The van der Waals surface area contributed by atoms with Gasteiger partial charge in [-0.2, -0.15) is 0 Å². The van der Waals surface area contributed by atoms with Gasteiger partial charge in [0.15, 0.2) is 0 Å². The van der Waals surface area contributed by atoms with E-state index in [4.69, 9.17) is 0 Å². The molecule has 0 heterocycles. The number of carbonyl (C=O) groups excluding carboxylic acids is 1. The van der Waals surface area contributed by atoms with Crippen LogP contribution in [0.2, 0.25) is 0 Å². The monoisotopic (exact) mass is 347 g/mol. The summed E-state index contributed by atoms with van der Waals surface area (Å²) in [6.45, 7) is 2.05. The van der Waals surface area contributed by atoms with Crippen molar-refractivity contribution >= 4 is 21.7 Å². The molecule has 0 radical (unpaired) electrons. The maximum atomic E-state index is 12.3. The molecular formula is C17H21N3O3S. The number of nitrogens with one attached hydrogen (secondary N) is 2. The molecule has 0 aliphatic rings. The third-order valence-electron chi connectivity index (χ3n) is 3.45. The van der Waals surface area contributed by atoms with Gasteiger partial charge in [-0.25, -0.2) is 17.5 Å². The quantitative estimate of drug-likeness (QED) is 0.872. The predicted octanol–water partition coefficient (Wildman–Crippen LogP) is 2.57. The topological polar surface area (TPSA) is 78.5 Å². The Hall–Kier alpha value is -2.38. The molecule has 0 aliphatic carbocycles. The number of hydrogen-bond donors (Lipinski definition) is 2. The number of aryl methyl sites for hydroxylation is 1. The minimum atomic E-state index is -3.56. The highest BCUT2D eigenvalue weighted by molar-refractivity contribution is 7.89. The third-order valence-corrected chi connectivity index (χ3v) is 5.36. The number of carbonyl (C=O) groups is 1. The van der Waals surface area contributed by atoms with Crippen molar-refractivity contribution in [2.24, 2.45) is 0 Å². The lowest BCUT2D eigenvalue weighted by Gasteiger charge is -2.15. The van der Waals surface area contributed by atoms with Crippen LogP contribution in [0.1, 0.15) is 11.1 Å². The van der Waals surface area contributed by atoms with Crippen molar-refractivity contribution in [3.05, 3.63) is 59.7 Å². The van der Waals surface area contributed by atoms with Crippen LogP contribution in [0.15, 0.2) is 53.4 Å². The summed E-state index contributed by atoms with van der Waals surface area (Å²) in [5, 5.41) is 5.41. The number of sulfonamides is 1. The highest BCUT2D eigenvalue weighted by Crippen LogP contribution is 2.18. The summed E-state index contributed by atoms with van der Waals surface area (Å²) in [4.78, 5) is 12.2. The molecule has 0 bridgehead atoms. The molecule has 128 valence electrons. The van der Waals surface area contributed by atoms with Crippen molar-refractivity contribution in [2.75, 3.05) is 19.4 Å². The highest BCUT2D eigenvalue weighted by atomic mass is 32.2.